The predicted molar refractivity (Wildman–Crippen MR) is 109 cm³/mol. The number of nitrogens with zero attached hydrogens (tertiary/aromatic N) is 3. The summed E-state index contributed by atoms with van der Waals surface area (Å²) in [6.07, 6.45) is 6.17. The first kappa shape index (κ1) is 20.8. The molecule has 0 aliphatic heterocycles. The van der Waals surface area contributed by atoms with Gasteiger partial charge < -0.3 is 20.1 Å². The maximum Gasteiger partial charge on any atom is 0.230 e. The lowest BCUT2D eigenvalue weighted by molar-refractivity contribution is -0.138. The molecule has 1 fully saturated rings. The summed E-state index contributed by atoms with van der Waals surface area (Å²) in [4.78, 5) is 18.6. The fourth-order valence-corrected chi connectivity index (χ4v) is 3.32. The van der Waals surface area contributed by atoms with Gasteiger partial charge in [0.25, 0.3) is 0 Å². The van der Waals surface area contributed by atoms with Crippen LogP contribution >= 0.6 is 24.0 Å². The van der Waals surface area contributed by atoms with Crippen LogP contribution in [-0.2, 0) is 18.4 Å². The number of carbonyl (C=O) groups is 1. The predicted octanol–water partition coefficient (Wildman–Crippen LogP) is 1.96. The largest absolute Gasteiger partial charge is 0.355 e. The van der Waals surface area contributed by atoms with Crippen molar-refractivity contribution in [3.63, 3.8) is 0 Å². The van der Waals surface area contributed by atoms with Gasteiger partial charge in [-0.25, -0.2) is 0 Å². The van der Waals surface area contributed by atoms with E-state index in [0.29, 0.717) is 13.1 Å². The number of guanidine groups is 1. The number of halogens is 1. The summed E-state index contributed by atoms with van der Waals surface area (Å²) in [5.74, 6) is 0.962. The van der Waals surface area contributed by atoms with Crippen LogP contribution in [0.5, 0.6) is 0 Å². The van der Waals surface area contributed by atoms with E-state index in [1.54, 1.807) is 11.9 Å². The highest BCUT2D eigenvalue weighted by Crippen LogP contribution is 2.38. The Bertz CT molecular complexity index is 561. The van der Waals surface area contributed by atoms with Gasteiger partial charge in [0.2, 0.25) is 5.91 Å². The number of rotatable bonds is 5. The Morgan fingerprint density at radius 2 is 2.00 bits per heavy atom. The molecule has 0 atom stereocenters. The van der Waals surface area contributed by atoms with E-state index in [2.05, 4.69) is 26.3 Å². The summed E-state index contributed by atoms with van der Waals surface area (Å²) in [6.45, 7) is 1.34. The van der Waals surface area contributed by atoms with Crippen molar-refractivity contribution < 1.29 is 4.79 Å². The molecule has 2 N–H and O–H groups in total. The average Bonchev–Trinajstić information content (AvgIpc) is 3.17. The van der Waals surface area contributed by atoms with E-state index in [1.165, 1.54) is 5.69 Å². The first-order valence-corrected chi connectivity index (χ1v) is 8.25. The second kappa shape index (κ2) is 9.29. The molecule has 0 unspecified atom stereocenters. The van der Waals surface area contributed by atoms with E-state index in [0.717, 1.165) is 31.6 Å². The molecule has 24 heavy (non-hydrogen) atoms. The minimum Gasteiger partial charge on any atom is -0.355 e. The summed E-state index contributed by atoms with van der Waals surface area (Å²) in [6, 6.07) is 4.10. The van der Waals surface area contributed by atoms with E-state index in [-0.39, 0.29) is 35.3 Å². The standard InChI is InChI=1S/C17H29N5O.HI/c1-18-16(19-12-14-8-7-11-22(14)4)20-13-17(9-5-6-10-17)15(23)21(2)3;/h7-8,11H,5-6,9-10,12-13H2,1-4H3,(H2,18,19,20);1H. The van der Waals surface area contributed by atoms with Crippen LogP contribution in [0.25, 0.3) is 0 Å². The number of hydrogen-bond acceptors (Lipinski definition) is 2. The van der Waals surface area contributed by atoms with Crippen molar-refractivity contribution in [3.8, 4) is 0 Å². The van der Waals surface area contributed by atoms with Crippen LogP contribution < -0.4 is 10.6 Å². The van der Waals surface area contributed by atoms with Crippen LogP contribution in [0.4, 0.5) is 0 Å². The number of aliphatic imine (C=N–C) groups is 1. The molecule has 6 nitrogen and oxygen atoms in total. The normalized spacial score (nSPS) is 16.4. The molecule has 0 aromatic carbocycles. The smallest absolute Gasteiger partial charge is 0.230 e. The van der Waals surface area contributed by atoms with Crippen molar-refractivity contribution in [2.24, 2.45) is 17.5 Å². The van der Waals surface area contributed by atoms with Gasteiger partial charge in [0, 0.05) is 46.6 Å². The van der Waals surface area contributed by atoms with Crippen LogP contribution in [0.3, 0.4) is 0 Å². The molecule has 0 radical (unpaired) electrons. The van der Waals surface area contributed by atoms with E-state index in [4.69, 9.17) is 0 Å². The highest BCUT2D eigenvalue weighted by Gasteiger charge is 2.42. The van der Waals surface area contributed by atoms with Crippen LogP contribution in [0, 0.1) is 5.41 Å². The van der Waals surface area contributed by atoms with Crippen molar-refractivity contribution in [1.29, 1.82) is 0 Å². The Morgan fingerprint density at radius 1 is 1.33 bits per heavy atom. The van der Waals surface area contributed by atoms with Crippen molar-refractivity contribution >= 4 is 35.8 Å². The molecule has 2 rings (SSSR count). The maximum absolute atomic E-state index is 12.6. The molecule has 0 saturated heterocycles. The highest BCUT2D eigenvalue weighted by atomic mass is 127. The summed E-state index contributed by atoms with van der Waals surface area (Å²) in [5, 5.41) is 6.67. The average molecular weight is 447 g/mol. The third-order valence-electron chi connectivity index (χ3n) is 4.73. The van der Waals surface area contributed by atoms with Crippen molar-refractivity contribution in [2.75, 3.05) is 27.7 Å². The summed E-state index contributed by atoms with van der Waals surface area (Å²) in [7, 11) is 7.46. The fourth-order valence-electron chi connectivity index (χ4n) is 3.32. The molecule has 1 heterocycles. The van der Waals surface area contributed by atoms with E-state index < -0.39 is 0 Å². The number of hydrogen-bond donors (Lipinski definition) is 2. The van der Waals surface area contributed by atoms with Gasteiger partial charge >= 0.3 is 0 Å². The third kappa shape index (κ3) is 4.87. The van der Waals surface area contributed by atoms with Gasteiger partial charge in [-0.3, -0.25) is 9.79 Å². The zero-order valence-corrected chi connectivity index (χ0v) is 17.5. The lowest BCUT2D eigenvalue weighted by atomic mass is 9.84. The molecule has 136 valence electrons. The summed E-state index contributed by atoms with van der Waals surface area (Å²) >= 11 is 0. The minimum atomic E-state index is -0.286. The molecule has 1 aromatic rings. The fraction of sp³-hybridized carbons (Fsp3) is 0.647. The minimum absolute atomic E-state index is 0. The second-order valence-corrected chi connectivity index (χ2v) is 6.58. The van der Waals surface area contributed by atoms with Gasteiger partial charge in [-0.2, -0.15) is 0 Å². The molecule has 1 saturated carbocycles. The molecule has 1 aromatic heterocycles. The van der Waals surface area contributed by atoms with Gasteiger partial charge in [-0.05, 0) is 25.0 Å². The molecule has 0 spiro atoms. The summed E-state index contributed by atoms with van der Waals surface area (Å²) in [5.41, 5.74) is 0.902. The monoisotopic (exact) mass is 447 g/mol. The van der Waals surface area contributed by atoms with Crippen LogP contribution in [-0.4, -0.2) is 49.0 Å². The highest BCUT2D eigenvalue weighted by molar-refractivity contribution is 14.0. The second-order valence-electron chi connectivity index (χ2n) is 6.58. The van der Waals surface area contributed by atoms with Gasteiger partial charge in [-0.15, -0.1) is 24.0 Å². The Balaban J connectivity index is 0.00000288. The van der Waals surface area contributed by atoms with Gasteiger partial charge in [0.05, 0.1) is 12.0 Å². The topological polar surface area (TPSA) is 61.7 Å². The Hall–Kier alpha value is -1.25. The molecule has 1 aliphatic carbocycles. The van der Waals surface area contributed by atoms with Crippen LogP contribution in [0.15, 0.2) is 23.3 Å². The van der Waals surface area contributed by atoms with Crippen molar-refractivity contribution in [1.82, 2.24) is 20.1 Å². The number of aryl methyl sites for hydroxylation is 1. The molecule has 0 bridgehead atoms. The van der Waals surface area contributed by atoms with Gasteiger partial charge in [0.1, 0.15) is 0 Å². The maximum atomic E-state index is 12.6. The Kier molecular flexibility index (Phi) is 8.05. The Morgan fingerprint density at radius 3 is 2.50 bits per heavy atom. The molecular weight excluding hydrogens is 417 g/mol. The quantitative estimate of drug-likeness (QED) is 0.412. The third-order valence-corrected chi connectivity index (χ3v) is 4.73. The Labute approximate surface area is 162 Å². The number of nitrogens with one attached hydrogen (secondary N) is 2. The number of amides is 1. The van der Waals surface area contributed by atoms with E-state index in [9.17, 15) is 4.79 Å². The van der Waals surface area contributed by atoms with Crippen LogP contribution in [0.2, 0.25) is 0 Å². The van der Waals surface area contributed by atoms with Crippen molar-refractivity contribution in [2.45, 2.75) is 32.2 Å². The number of carbonyl (C=O) groups excluding carboxylic acids is 1. The first-order valence-electron chi connectivity index (χ1n) is 8.25. The first-order chi connectivity index (χ1) is 11.0. The van der Waals surface area contributed by atoms with Gasteiger partial charge in [-0.1, -0.05) is 12.8 Å². The molecule has 1 aliphatic rings. The van der Waals surface area contributed by atoms with Crippen molar-refractivity contribution in [3.05, 3.63) is 24.0 Å². The van der Waals surface area contributed by atoms with E-state index >= 15 is 0 Å². The zero-order chi connectivity index (χ0) is 16.9. The lowest BCUT2D eigenvalue weighted by Crippen LogP contribution is -2.49. The van der Waals surface area contributed by atoms with Gasteiger partial charge in [0.15, 0.2) is 5.96 Å². The van der Waals surface area contributed by atoms with Crippen LogP contribution in [0.1, 0.15) is 31.4 Å². The summed E-state index contributed by atoms with van der Waals surface area (Å²) < 4.78 is 2.08. The lowest BCUT2D eigenvalue weighted by Gasteiger charge is -2.31. The molecule has 1 amide bonds. The number of aromatic nitrogens is 1. The van der Waals surface area contributed by atoms with E-state index in [1.807, 2.05) is 33.4 Å². The molecule has 7 heteroatoms. The molecular formula is C17H30IN5O. The SMILES string of the molecule is CN=C(NCc1cccn1C)NCC1(C(=O)N(C)C)CCCC1.I. The zero-order valence-electron chi connectivity index (χ0n) is 15.1.